The average molecular weight is 312 g/mol. The van der Waals surface area contributed by atoms with Gasteiger partial charge in [-0.1, -0.05) is 0 Å². The van der Waals surface area contributed by atoms with E-state index in [4.69, 9.17) is 5.73 Å². The third kappa shape index (κ3) is 2.06. The molecule has 0 atom stereocenters. The second kappa shape index (κ2) is 4.09. The summed E-state index contributed by atoms with van der Waals surface area (Å²) in [6.45, 7) is 1.92. The number of aromatic nitrogens is 3. The molecule has 0 bridgehead atoms. The van der Waals surface area contributed by atoms with E-state index in [0.717, 1.165) is 14.8 Å². The van der Waals surface area contributed by atoms with Crippen molar-refractivity contribution in [2.24, 2.45) is 0 Å². The van der Waals surface area contributed by atoms with Gasteiger partial charge >= 0.3 is 0 Å². The van der Waals surface area contributed by atoms with Crippen LogP contribution < -0.4 is 5.73 Å². The number of nitrogens with zero attached hydrogens (tertiary/aromatic N) is 3. The van der Waals surface area contributed by atoms with Gasteiger partial charge in [0.2, 0.25) is 0 Å². The first kappa shape index (κ1) is 10.3. The lowest BCUT2D eigenvalue weighted by molar-refractivity contribution is 1.09. The first-order chi connectivity index (χ1) is 7.18. The quantitative estimate of drug-likeness (QED) is 0.818. The van der Waals surface area contributed by atoms with Gasteiger partial charge in [0.1, 0.15) is 5.82 Å². The minimum Gasteiger partial charge on any atom is -0.383 e. The summed E-state index contributed by atoms with van der Waals surface area (Å²) in [7, 11) is 0. The van der Waals surface area contributed by atoms with Gasteiger partial charge in [-0.05, 0) is 41.6 Å². The smallest absolute Gasteiger partial charge is 0.163 e. The third-order valence-electron chi connectivity index (χ3n) is 1.96. The first-order valence-corrected chi connectivity index (χ1v) is 5.46. The SMILES string of the molecule is Cc1nc(-c2cccnc2)nc(N)c1I. The molecule has 2 rings (SSSR count). The van der Waals surface area contributed by atoms with E-state index in [1.54, 1.807) is 12.4 Å². The van der Waals surface area contributed by atoms with Crippen LogP contribution in [0.25, 0.3) is 11.4 Å². The number of aryl methyl sites for hydroxylation is 1. The molecule has 0 spiro atoms. The molecule has 4 nitrogen and oxygen atoms in total. The van der Waals surface area contributed by atoms with Gasteiger partial charge in [-0.15, -0.1) is 0 Å². The van der Waals surface area contributed by atoms with Crippen molar-refractivity contribution in [1.29, 1.82) is 0 Å². The summed E-state index contributed by atoms with van der Waals surface area (Å²) in [5, 5.41) is 0. The highest BCUT2D eigenvalue weighted by atomic mass is 127. The Morgan fingerprint density at radius 3 is 2.73 bits per heavy atom. The molecular weight excluding hydrogens is 303 g/mol. The van der Waals surface area contributed by atoms with Gasteiger partial charge in [-0.25, -0.2) is 9.97 Å². The number of pyridine rings is 1. The van der Waals surface area contributed by atoms with Gasteiger partial charge in [0, 0.05) is 18.0 Å². The summed E-state index contributed by atoms with van der Waals surface area (Å²) in [6.07, 6.45) is 3.44. The summed E-state index contributed by atoms with van der Waals surface area (Å²) in [6, 6.07) is 3.76. The van der Waals surface area contributed by atoms with Crippen molar-refractivity contribution >= 4 is 28.4 Å². The van der Waals surface area contributed by atoms with Crippen molar-refractivity contribution < 1.29 is 0 Å². The van der Waals surface area contributed by atoms with Gasteiger partial charge in [0.25, 0.3) is 0 Å². The number of rotatable bonds is 1. The molecule has 0 unspecified atom stereocenters. The van der Waals surface area contributed by atoms with Crippen LogP contribution in [0.15, 0.2) is 24.5 Å². The molecular formula is C10H9IN4. The molecule has 15 heavy (non-hydrogen) atoms. The van der Waals surface area contributed by atoms with Crippen LogP contribution in [0, 0.1) is 10.5 Å². The summed E-state index contributed by atoms with van der Waals surface area (Å²) in [5.74, 6) is 1.14. The van der Waals surface area contributed by atoms with E-state index in [-0.39, 0.29) is 0 Å². The number of nitrogen functional groups attached to an aromatic ring is 1. The molecule has 0 aliphatic carbocycles. The molecule has 0 amide bonds. The van der Waals surface area contributed by atoms with Crippen LogP contribution in [-0.2, 0) is 0 Å². The van der Waals surface area contributed by atoms with Crippen LogP contribution in [0.5, 0.6) is 0 Å². The minimum atomic E-state index is 0.516. The highest BCUT2D eigenvalue weighted by molar-refractivity contribution is 14.1. The number of anilines is 1. The van der Waals surface area contributed by atoms with E-state index < -0.39 is 0 Å². The molecule has 2 aromatic heterocycles. The fourth-order valence-electron chi connectivity index (χ4n) is 1.21. The van der Waals surface area contributed by atoms with Crippen molar-refractivity contribution in [3.8, 4) is 11.4 Å². The molecule has 2 aromatic rings. The van der Waals surface area contributed by atoms with Crippen LogP contribution >= 0.6 is 22.6 Å². The first-order valence-electron chi connectivity index (χ1n) is 4.38. The highest BCUT2D eigenvalue weighted by Gasteiger charge is 2.07. The lowest BCUT2D eigenvalue weighted by Crippen LogP contribution is -2.02. The van der Waals surface area contributed by atoms with Gasteiger partial charge in [0.05, 0.1) is 9.26 Å². The van der Waals surface area contributed by atoms with Gasteiger partial charge in [-0.3, -0.25) is 4.98 Å². The number of hydrogen-bond donors (Lipinski definition) is 1. The topological polar surface area (TPSA) is 64.7 Å². The molecule has 2 heterocycles. The molecule has 0 aliphatic heterocycles. The van der Waals surface area contributed by atoms with Crippen LogP contribution in [0.1, 0.15) is 5.69 Å². The monoisotopic (exact) mass is 312 g/mol. The summed E-state index contributed by atoms with van der Waals surface area (Å²) >= 11 is 2.14. The molecule has 0 saturated carbocycles. The van der Waals surface area contributed by atoms with Gasteiger partial charge < -0.3 is 5.73 Å². The molecule has 76 valence electrons. The molecule has 0 radical (unpaired) electrons. The van der Waals surface area contributed by atoms with E-state index in [9.17, 15) is 0 Å². The van der Waals surface area contributed by atoms with Crippen LogP contribution in [0.3, 0.4) is 0 Å². The molecule has 0 aliphatic rings. The standard InChI is InChI=1S/C10H9IN4/c1-6-8(11)9(12)15-10(14-6)7-3-2-4-13-5-7/h2-5H,1H3,(H2,12,14,15). The summed E-state index contributed by atoms with van der Waals surface area (Å²) in [5.41, 5.74) is 7.55. The Morgan fingerprint density at radius 1 is 1.33 bits per heavy atom. The number of nitrogens with two attached hydrogens (primary N) is 1. The zero-order valence-corrected chi connectivity index (χ0v) is 10.3. The second-order valence-electron chi connectivity index (χ2n) is 3.07. The van der Waals surface area contributed by atoms with Crippen LogP contribution in [0.2, 0.25) is 0 Å². The fourth-order valence-corrected chi connectivity index (χ4v) is 1.45. The maximum atomic E-state index is 5.78. The maximum absolute atomic E-state index is 5.78. The van der Waals surface area contributed by atoms with E-state index in [1.165, 1.54) is 0 Å². The van der Waals surface area contributed by atoms with Crippen molar-refractivity contribution in [3.63, 3.8) is 0 Å². The average Bonchev–Trinajstić information content (AvgIpc) is 2.26. The second-order valence-corrected chi connectivity index (χ2v) is 4.15. The summed E-state index contributed by atoms with van der Waals surface area (Å²) in [4.78, 5) is 12.6. The van der Waals surface area contributed by atoms with Crippen molar-refractivity contribution in [2.75, 3.05) is 5.73 Å². The molecule has 0 aromatic carbocycles. The Morgan fingerprint density at radius 2 is 2.13 bits per heavy atom. The Labute approximate surface area is 101 Å². The third-order valence-corrected chi connectivity index (χ3v) is 3.30. The minimum absolute atomic E-state index is 0.516. The summed E-state index contributed by atoms with van der Waals surface area (Å²) < 4.78 is 0.903. The van der Waals surface area contributed by atoms with E-state index in [0.29, 0.717) is 11.6 Å². The highest BCUT2D eigenvalue weighted by Crippen LogP contribution is 2.20. The largest absolute Gasteiger partial charge is 0.383 e. The van der Waals surface area contributed by atoms with Crippen LogP contribution in [0.4, 0.5) is 5.82 Å². The number of halogens is 1. The zero-order chi connectivity index (χ0) is 10.8. The molecule has 0 saturated heterocycles. The maximum Gasteiger partial charge on any atom is 0.163 e. The Hall–Kier alpha value is -1.24. The number of hydrogen-bond acceptors (Lipinski definition) is 4. The zero-order valence-electron chi connectivity index (χ0n) is 8.11. The van der Waals surface area contributed by atoms with Gasteiger partial charge in [-0.2, -0.15) is 0 Å². The van der Waals surface area contributed by atoms with E-state index in [1.807, 2.05) is 19.1 Å². The normalized spacial score (nSPS) is 10.3. The Bertz CT molecular complexity index is 461. The predicted octanol–water partition coefficient (Wildman–Crippen LogP) is 2.03. The van der Waals surface area contributed by atoms with Gasteiger partial charge in [0.15, 0.2) is 5.82 Å². The molecule has 0 fully saturated rings. The van der Waals surface area contributed by atoms with E-state index in [2.05, 4.69) is 37.5 Å². The van der Waals surface area contributed by atoms with E-state index >= 15 is 0 Å². The fraction of sp³-hybridized carbons (Fsp3) is 0.100. The van der Waals surface area contributed by atoms with Crippen LogP contribution in [-0.4, -0.2) is 15.0 Å². The van der Waals surface area contributed by atoms with Crippen molar-refractivity contribution in [2.45, 2.75) is 6.92 Å². The molecule has 2 N–H and O–H groups in total. The van der Waals surface area contributed by atoms with Crippen molar-refractivity contribution in [1.82, 2.24) is 15.0 Å². The lowest BCUT2D eigenvalue weighted by atomic mass is 10.2. The Balaban J connectivity index is 2.56. The predicted molar refractivity (Wildman–Crippen MR) is 67.1 cm³/mol. The Kier molecular flexibility index (Phi) is 2.81. The molecule has 5 heteroatoms. The lowest BCUT2D eigenvalue weighted by Gasteiger charge is -2.05. The van der Waals surface area contributed by atoms with Crippen molar-refractivity contribution in [3.05, 3.63) is 33.8 Å².